The first-order chi connectivity index (χ1) is 8.00. The van der Waals surface area contributed by atoms with Crippen molar-refractivity contribution in [3.8, 4) is 0 Å². The lowest BCUT2D eigenvalue weighted by atomic mass is 10.1. The molecule has 2 nitrogen and oxygen atoms in total. The number of amides is 1. The summed E-state index contributed by atoms with van der Waals surface area (Å²) in [6.07, 6.45) is 0.0500. The van der Waals surface area contributed by atoms with E-state index in [9.17, 15) is 9.18 Å². The van der Waals surface area contributed by atoms with Crippen LogP contribution in [0.25, 0.3) is 0 Å². The average Bonchev–Trinajstić information content (AvgIpc) is 2.29. The lowest BCUT2D eigenvalue weighted by molar-refractivity contribution is -0.120. The maximum Gasteiger partial charge on any atom is 0.224 e. The van der Waals surface area contributed by atoms with E-state index >= 15 is 0 Å². The average molecular weight is 258 g/mol. The van der Waals surface area contributed by atoms with Crippen molar-refractivity contribution < 1.29 is 9.18 Å². The first kappa shape index (κ1) is 14.0. The predicted octanol–water partition coefficient (Wildman–Crippen LogP) is 2.75. The van der Waals surface area contributed by atoms with Crippen LogP contribution in [0, 0.1) is 11.7 Å². The van der Waals surface area contributed by atoms with Gasteiger partial charge in [-0.3, -0.25) is 4.79 Å². The Labute approximate surface area is 106 Å². The maximum absolute atomic E-state index is 13.3. The zero-order valence-corrected chi connectivity index (χ0v) is 10.8. The number of carbonyl (C=O) groups is 1. The van der Waals surface area contributed by atoms with E-state index in [1.807, 2.05) is 13.8 Å². The van der Waals surface area contributed by atoms with Crippen LogP contribution in [0.5, 0.6) is 0 Å². The van der Waals surface area contributed by atoms with Gasteiger partial charge < -0.3 is 5.32 Å². The van der Waals surface area contributed by atoms with Crippen LogP contribution < -0.4 is 5.32 Å². The lowest BCUT2D eigenvalue weighted by Crippen LogP contribution is -2.33. The summed E-state index contributed by atoms with van der Waals surface area (Å²) in [4.78, 5) is 11.6. The molecule has 1 amide bonds. The van der Waals surface area contributed by atoms with Crippen LogP contribution in [-0.2, 0) is 11.2 Å². The van der Waals surface area contributed by atoms with Gasteiger partial charge in [0.25, 0.3) is 0 Å². The number of rotatable bonds is 5. The molecule has 1 N–H and O–H groups in total. The predicted molar refractivity (Wildman–Crippen MR) is 67.6 cm³/mol. The standard InChI is InChI=1S/C13H17ClFNO/c1-9(2)11(14)8-16-13(17)7-10-5-3-4-6-12(10)15/h3-6,9,11H,7-8H2,1-2H3,(H,16,17). The van der Waals surface area contributed by atoms with E-state index < -0.39 is 0 Å². The number of carbonyl (C=O) groups excluding carboxylic acids is 1. The Morgan fingerprint density at radius 2 is 2.06 bits per heavy atom. The summed E-state index contributed by atoms with van der Waals surface area (Å²) in [5.41, 5.74) is 0.403. The molecule has 0 radical (unpaired) electrons. The van der Waals surface area contributed by atoms with E-state index in [0.717, 1.165) is 0 Å². The molecular weight excluding hydrogens is 241 g/mol. The highest BCUT2D eigenvalue weighted by Gasteiger charge is 2.12. The summed E-state index contributed by atoms with van der Waals surface area (Å²) < 4.78 is 13.3. The van der Waals surface area contributed by atoms with Crippen molar-refractivity contribution in [1.82, 2.24) is 5.32 Å². The van der Waals surface area contributed by atoms with Crippen molar-refractivity contribution in [2.45, 2.75) is 25.6 Å². The van der Waals surface area contributed by atoms with Gasteiger partial charge in [-0.05, 0) is 17.5 Å². The summed E-state index contributed by atoms with van der Waals surface area (Å²) in [5, 5.41) is 2.60. The van der Waals surface area contributed by atoms with Crippen LogP contribution in [0.15, 0.2) is 24.3 Å². The normalized spacial score (nSPS) is 12.5. The number of hydrogen-bond donors (Lipinski definition) is 1. The molecule has 1 rings (SSSR count). The molecule has 0 bridgehead atoms. The summed E-state index contributed by atoms with van der Waals surface area (Å²) in [5.74, 6) is -0.263. The van der Waals surface area contributed by atoms with E-state index in [-0.39, 0.29) is 23.5 Å². The molecule has 17 heavy (non-hydrogen) atoms. The van der Waals surface area contributed by atoms with Crippen molar-refractivity contribution in [2.24, 2.45) is 5.92 Å². The Morgan fingerprint density at radius 1 is 1.41 bits per heavy atom. The van der Waals surface area contributed by atoms with Crippen LogP contribution >= 0.6 is 11.6 Å². The number of hydrogen-bond acceptors (Lipinski definition) is 1. The molecule has 0 aliphatic heterocycles. The van der Waals surface area contributed by atoms with E-state index in [4.69, 9.17) is 11.6 Å². The van der Waals surface area contributed by atoms with Gasteiger partial charge in [0, 0.05) is 6.54 Å². The molecule has 0 aliphatic carbocycles. The second-order valence-electron chi connectivity index (χ2n) is 4.33. The van der Waals surface area contributed by atoms with Gasteiger partial charge in [0.2, 0.25) is 5.91 Å². The second kappa shape index (κ2) is 6.60. The Balaban J connectivity index is 2.43. The molecule has 0 spiro atoms. The maximum atomic E-state index is 13.3. The van der Waals surface area contributed by atoms with Gasteiger partial charge >= 0.3 is 0 Å². The van der Waals surface area contributed by atoms with E-state index in [1.54, 1.807) is 18.2 Å². The Morgan fingerprint density at radius 3 is 2.65 bits per heavy atom. The summed E-state index contributed by atoms with van der Waals surface area (Å²) in [6, 6.07) is 6.27. The molecule has 1 unspecified atom stereocenters. The summed E-state index contributed by atoms with van der Waals surface area (Å²) in [7, 11) is 0. The highest BCUT2D eigenvalue weighted by Crippen LogP contribution is 2.09. The minimum Gasteiger partial charge on any atom is -0.354 e. The zero-order valence-electron chi connectivity index (χ0n) is 10.0. The van der Waals surface area contributed by atoms with Gasteiger partial charge in [0.05, 0.1) is 11.8 Å². The van der Waals surface area contributed by atoms with Crippen LogP contribution in [0.3, 0.4) is 0 Å². The minimum absolute atomic E-state index is 0.0500. The van der Waals surface area contributed by atoms with Gasteiger partial charge in [0.1, 0.15) is 5.82 Å². The molecule has 0 aliphatic rings. The Hall–Kier alpha value is -1.09. The first-order valence-corrected chi connectivity index (χ1v) is 6.08. The highest BCUT2D eigenvalue weighted by atomic mass is 35.5. The van der Waals surface area contributed by atoms with Gasteiger partial charge in [0.15, 0.2) is 0 Å². The van der Waals surface area contributed by atoms with E-state index in [1.165, 1.54) is 6.07 Å². The van der Waals surface area contributed by atoms with Crippen molar-refractivity contribution in [2.75, 3.05) is 6.54 Å². The third-order valence-electron chi connectivity index (χ3n) is 2.53. The molecule has 1 aromatic rings. The Kier molecular flexibility index (Phi) is 5.42. The molecule has 1 aromatic carbocycles. The number of nitrogens with one attached hydrogen (secondary N) is 1. The molecule has 0 aromatic heterocycles. The van der Waals surface area contributed by atoms with Crippen molar-refractivity contribution in [3.63, 3.8) is 0 Å². The highest BCUT2D eigenvalue weighted by molar-refractivity contribution is 6.21. The number of alkyl halides is 1. The molecule has 94 valence electrons. The molecule has 0 saturated heterocycles. The zero-order chi connectivity index (χ0) is 12.8. The van der Waals surface area contributed by atoms with Crippen molar-refractivity contribution in [3.05, 3.63) is 35.6 Å². The third kappa shape index (κ3) is 4.73. The fourth-order valence-electron chi connectivity index (χ4n) is 1.32. The van der Waals surface area contributed by atoms with E-state index in [2.05, 4.69) is 5.32 Å². The second-order valence-corrected chi connectivity index (χ2v) is 4.89. The van der Waals surface area contributed by atoms with Gasteiger partial charge in [-0.15, -0.1) is 11.6 Å². The smallest absolute Gasteiger partial charge is 0.224 e. The summed E-state index contributed by atoms with van der Waals surface area (Å²) in [6.45, 7) is 4.38. The van der Waals surface area contributed by atoms with Crippen LogP contribution in [0.2, 0.25) is 0 Å². The third-order valence-corrected chi connectivity index (χ3v) is 3.18. The summed E-state index contributed by atoms with van der Waals surface area (Å²) >= 11 is 6.01. The van der Waals surface area contributed by atoms with Gasteiger partial charge in [-0.25, -0.2) is 4.39 Å². The SMILES string of the molecule is CC(C)C(Cl)CNC(=O)Cc1ccccc1F. The molecule has 1 atom stereocenters. The van der Waals surface area contributed by atoms with E-state index in [0.29, 0.717) is 18.0 Å². The quantitative estimate of drug-likeness (QED) is 0.808. The van der Waals surface area contributed by atoms with Crippen molar-refractivity contribution >= 4 is 17.5 Å². The van der Waals surface area contributed by atoms with Crippen LogP contribution in [0.4, 0.5) is 4.39 Å². The fourth-order valence-corrected chi connectivity index (χ4v) is 1.40. The lowest BCUT2D eigenvalue weighted by Gasteiger charge is -2.14. The fraction of sp³-hybridized carbons (Fsp3) is 0.462. The number of halogens is 2. The van der Waals surface area contributed by atoms with Crippen LogP contribution in [0.1, 0.15) is 19.4 Å². The van der Waals surface area contributed by atoms with Gasteiger partial charge in [-0.1, -0.05) is 32.0 Å². The monoisotopic (exact) mass is 257 g/mol. The number of benzene rings is 1. The van der Waals surface area contributed by atoms with Crippen molar-refractivity contribution in [1.29, 1.82) is 0 Å². The minimum atomic E-state index is -0.353. The topological polar surface area (TPSA) is 29.1 Å². The molecule has 0 heterocycles. The molecule has 0 saturated carbocycles. The Bertz CT molecular complexity index is 381. The first-order valence-electron chi connectivity index (χ1n) is 5.65. The van der Waals surface area contributed by atoms with Gasteiger partial charge in [-0.2, -0.15) is 0 Å². The molecule has 4 heteroatoms. The molecular formula is C13H17ClFNO. The largest absolute Gasteiger partial charge is 0.354 e. The van der Waals surface area contributed by atoms with Crippen LogP contribution in [-0.4, -0.2) is 17.8 Å². The molecule has 0 fully saturated rings.